The standard InChI is InChI=1S/C17H10F3N2O4/c18-17(19,20)26-11-5-3-10(4-6-11)25-12-2-1-9-8-22-14(16(21)24)15(23)13(9)7-12/h1-8,21,23H. The van der Waals surface area contributed by atoms with Crippen LogP contribution in [0.4, 0.5) is 13.2 Å². The van der Waals surface area contributed by atoms with Crippen LogP contribution in [0.15, 0.2) is 48.7 Å². The number of rotatable bonds is 4. The molecule has 0 spiro atoms. The maximum Gasteiger partial charge on any atom is 0.573 e. The number of nitrogens with one attached hydrogen (secondary N) is 1. The van der Waals surface area contributed by atoms with Gasteiger partial charge in [0.2, 0.25) is 0 Å². The summed E-state index contributed by atoms with van der Waals surface area (Å²) in [6, 6.07) is 9.35. The van der Waals surface area contributed by atoms with Gasteiger partial charge in [-0.1, -0.05) is 0 Å². The van der Waals surface area contributed by atoms with E-state index in [1.165, 1.54) is 24.4 Å². The number of carbonyl (C=O) groups excluding carboxylic acids is 1. The van der Waals surface area contributed by atoms with Gasteiger partial charge in [-0.05, 0) is 42.5 Å². The fraction of sp³-hybridized carbons (Fsp3) is 0.0588. The predicted octanol–water partition coefficient (Wildman–Crippen LogP) is 4.05. The molecule has 3 aromatic rings. The Kier molecular flexibility index (Phi) is 4.29. The number of carbonyl (C=O) groups is 1. The number of halogens is 3. The Balaban J connectivity index is 1.87. The molecular weight excluding hydrogens is 353 g/mol. The van der Waals surface area contributed by atoms with Crippen LogP contribution >= 0.6 is 0 Å². The van der Waals surface area contributed by atoms with Gasteiger partial charge < -0.3 is 14.6 Å². The van der Waals surface area contributed by atoms with Crippen molar-refractivity contribution in [2.75, 3.05) is 0 Å². The largest absolute Gasteiger partial charge is 0.573 e. The van der Waals surface area contributed by atoms with E-state index in [1.54, 1.807) is 12.1 Å². The van der Waals surface area contributed by atoms with Crippen molar-refractivity contribution >= 4 is 16.7 Å². The van der Waals surface area contributed by atoms with Crippen molar-refractivity contribution in [3.05, 3.63) is 54.4 Å². The minimum absolute atomic E-state index is 0.240. The molecule has 0 aliphatic rings. The quantitative estimate of drug-likeness (QED) is 0.755. The minimum Gasteiger partial charge on any atom is -0.505 e. The van der Waals surface area contributed by atoms with Crippen molar-refractivity contribution in [1.82, 2.24) is 10.7 Å². The van der Waals surface area contributed by atoms with Gasteiger partial charge >= 0.3 is 6.36 Å². The van der Waals surface area contributed by atoms with Gasteiger partial charge in [0.15, 0.2) is 11.4 Å². The van der Waals surface area contributed by atoms with Gasteiger partial charge in [-0.2, -0.15) is 0 Å². The molecule has 0 aliphatic heterocycles. The highest BCUT2D eigenvalue weighted by Crippen LogP contribution is 2.33. The van der Waals surface area contributed by atoms with E-state index in [9.17, 15) is 23.1 Å². The van der Waals surface area contributed by atoms with E-state index >= 15 is 0 Å². The van der Waals surface area contributed by atoms with E-state index in [0.717, 1.165) is 12.1 Å². The van der Waals surface area contributed by atoms with Crippen LogP contribution in [-0.4, -0.2) is 22.4 Å². The number of amides is 1. The lowest BCUT2D eigenvalue weighted by Crippen LogP contribution is -2.16. The Morgan fingerprint density at radius 2 is 1.65 bits per heavy atom. The van der Waals surface area contributed by atoms with Crippen LogP contribution < -0.4 is 15.2 Å². The molecule has 0 saturated heterocycles. The number of aromatic nitrogens is 1. The van der Waals surface area contributed by atoms with Crippen molar-refractivity contribution in [2.24, 2.45) is 0 Å². The topological polar surface area (TPSA) is 92.5 Å². The summed E-state index contributed by atoms with van der Waals surface area (Å²) < 4.78 is 45.7. The van der Waals surface area contributed by atoms with Crippen molar-refractivity contribution in [1.29, 1.82) is 0 Å². The number of fused-ring (bicyclic) bond motifs is 1. The number of nitrogens with zero attached hydrogens (tertiary/aromatic N) is 1. The Bertz CT molecular complexity index is 972. The van der Waals surface area contributed by atoms with E-state index in [0.29, 0.717) is 5.39 Å². The first-order valence-electron chi connectivity index (χ1n) is 7.14. The summed E-state index contributed by atoms with van der Waals surface area (Å²) in [6.45, 7) is 0. The van der Waals surface area contributed by atoms with Gasteiger partial charge in [-0.3, -0.25) is 10.5 Å². The molecule has 2 N–H and O–H groups in total. The van der Waals surface area contributed by atoms with Crippen LogP contribution in [0.25, 0.3) is 10.8 Å². The van der Waals surface area contributed by atoms with Gasteiger partial charge in [0.25, 0.3) is 5.91 Å². The van der Waals surface area contributed by atoms with Crippen molar-refractivity contribution < 1.29 is 32.5 Å². The number of hydrogen-bond donors (Lipinski definition) is 1. The minimum atomic E-state index is -4.78. The fourth-order valence-corrected chi connectivity index (χ4v) is 2.25. The Hall–Kier alpha value is -3.49. The van der Waals surface area contributed by atoms with E-state index in [4.69, 9.17) is 10.5 Å². The molecule has 6 nitrogen and oxygen atoms in total. The summed E-state index contributed by atoms with van der Waals surface area (Å²) in [5.41, 5.74) is 6.68. The second-order valence-electron chi connectivity index (χ2n) is 5.15. The zero-order chi connectivity index (χ0) is 18.9. The second kappa shape index (κ2) is 6.43. The van der Waals surface area contributed by atoms with Crippen molar-refractivity contribution in [3.8, 4) is 23.0 Å². The number of aromatic hydroxyl groups is 1. The van der Waals surface area contributed by atoms with Crippen molar-refractivity contribution in [2.45, 2.75) is 6.36 Å². The van der Waals surface area contributed by atoms with Crippen LogP contribution in [0.3, 0.4) is 0 Å². The highest BCUT2D eigenvalue weighted by molar-refractivity contribution is 6.00. The number of alkyl halides is 3. The smallest absolute Gasteiger partial charge is 0.505 e. The number of ether oxygens (including phenoxy) is 2. The van der Waals surface area contributed by atoms with Gasteiger partial charge in [0, 0.05) is 17.0 Å². The van der Waals surface area contributed by atoms with Gasteiger partial charge in [0.1, 0.15) is 17.2 Å². The Morgan fingerprint density at radius 1 is 1.04 bits per heavy atom. The van der Waals surface area contributed by atoms with Gasteiger partial charge in [-0.15, -0.1) is 13.2 Å². The lowest BCUT2D eigenvalue weighted by Gasteiger charge is -2.11. The van der Waals surface area contributed by atoms with Crippen LogP contribution in [0.1, 0.15) is 10.5 Å². The zero-order valence-corrected chi connectivity index (χ0v) is 12.9. The molecule has 1 amide bonds. The third kappa shape index (κ3) is 3.77. The molecule has 9 heteroatoms. The number of hydrogen-bond acceptors (Lipinski definition) is 5. The molecule has 0 saturated carbocycles. The molecule has 0 bridgehead atoms. The van der Waals surface area contributed by atoms with Crippen LogP contribution in [-0.2, 0) is 0 Å². The highest BCUT2D eigenvalue weighted by Gasteiger charge is 2.31. The second-order valence-corrected chi connectivity index (χ2v) is 5.15. The third-order valence-electron chi connectivity index (χ3n) is 3.35. The fourth-order valence-electron chi connectivity index (χ4n) is 2.25. The van der Waals surface area contributed by atoms with E-state index < -0.39 is 18.0 Å². The molecule has 1 aromatic heterocycles. The molecule has 2 aromatic carbocycles. The zero-order valence-electron chi connectivity index (χ0n) is 12.9. The van der Waals surface area contributed by atoms with E-state index in [2.05, 4.69) is 9.72 Å². The first-order valence-corrected chi connectivity index (χ1v) is 7.14. The average Bonchev–Trinajstić information content (AvgIpc) is 2.56. The van der Waals surface area contributed by atoms with Crippen LogP contribution in [0.2, 0.25) is 0 Å². The summed E-state index contributed by atoms with van der Waals surface area (Å²) in [6.07, 6.45) is -3.44. The SMILES string of the molecule is [NH]C(=O)c1ncc2ccc(Oc3ccc(OC(F)(F)F)cc3)cc2c1O. The maximum absolute atomic E-state index is 12.1. The molecule has 3 rings (SSSR count). The van der Waals surface area contributed by atoms with Gasteiger partial charge in [0.05, 0.1) is 0 Å². The van der Waals surface area contributed by atoms with Gasteiger partial charge in [-0.25, -0.2) is 4.98 Å². The summed E-state index contributed by atoms with van der Waals surface area (Å²) in [5, 5.41) is 10.8. The monoisotopic (exact) mass is 363 g/mol. The summed E-state index contributed by atoms with van der Waals surface area (Å²) >= 11 is 0. The van der Waals surface area contributed by atoms with Crippen LogP contribution in [0.5, 0.6) is 23.0 Å². The summed E-state index contributed by atoms with van der Waals surface area (Å²) in [4.78, 5) is 14.9. The third-order valence-corrected chi connectivity index (χ3v) is 3.35. The van der Waals surface area contributed by atoms with Crippen LogP contribution in [0, 0.1) is 0 Å². The van der Waals surface area contributed by atoms with E-state index in [1.807, 2.05) is 0 Å². The molecule has 1 radical (unpaired) electrons. The van der Waals surface area contributed by atoms with E-state index in [-0.39, 0.29) is 28.3 Å². The molecule has 1 heterocycles. The molecule has 133 valence electrons. The van der Waals surface area contributed by atoms with Crippen molar-refractivity contribution in [3.63, 3.8) is 0 Å². The summed E-state index contributed by atoms with van der Waals surface area (Å²) in [5.74, 6) is -1.44. The Labute approximate surface area is 144 Å². The lowest BCUT2D eigenvalue weighted by atomic mass is 10.1. The predicted molar refractivity (Wildman–Crippen MR) is 84.0 cm³/mol. The molecule has 0 atom stereocenters. The number of benzene rings is 2. The highest BCUT2D eigenvalue weighted by atomic mass is 19.4. The lowest BCUT2D eigenvalue weighted by molar-refractivity contribution is -0.274. The summed E-state index contributed by atoms with van der Waals surface area (Å²) in [7, 11) is 0. The molecular formula is C17H10F3N2O4. The average molecular weight is 363 g/mol. The normalized spacial score (nSPS) is 11.3. The molecule has 0 unspecified atom stereocenters. The maximum atomic E-state index is 12.1. The number of pyridine rings is 1. The Morgan fingerprint density at radius 3 is 2.27 bits per heavy atom. The first-order chi connectivity index (χ1) is 12.2. The molecule has 0 fully saturated rings. The molecule has 26 heavy (non-hydrogen) atoms. The molecule has 0 aliphatic carbocycles. The first kappa shape index (κ1) is 17.3.